The lowest BCUT2D eigenvalue weighted by molar-refractivity contribution is -0.148. The van der Waals surface area contributed by atoms with Gasteiger partial charge in [0.05, 0.1) is 0 Å². The van der Waals surface area contributed by atoms with E-state index in [1.165, 1.54) is 0 Å². The fraction of sp³-hybridized carbons (Fsp3) is 0.433. The van der Waals surface area contributed by atoms with Gasteiger partial charge in [-0.05, 0) is 68.6 Å². The molecule has 1 amide bonds. The predicted molar refractivity (Wildman–Crippen MR) is 160 cm³/mol. The number of rotatable bonds is 7. The van der Waals surface area contributed by atoms with E-state index in [9.17, 15) is 9.82 Å². The molecule has 2 saturated heterocycles. The highest BCUT2D eigenvalue weighted by molar-refractivity contribution is 6.52. The van der Waals surface area contributed by atoms with E-state index in [2.05, 4.69) is 29.6 Å². The van der Waals surface area contributed by atoms with Crippen LogP contribution in [0.5, 0.6) is 0 Å². The predicted octanol–water partition coefficient (Wildman–Crippen LogP) is 3.89. The molecule has 2 aliphatic heterocycles. The van der Waals surface area contributed by atoms with Crippen LogP contribution in [-0.4, -0.2) is 84.1 Å². The summed E-state index contributed by atoms with van der Waals surface area (Å²) in [4.78, 5) is 35.7. The van der Waals surface area contributed by atoms with Crippen LogP contribution in [0.25, 0.3) is 22.7 Å². The number of aromatic nitrogens is 5. The molecule has 42 heavy (non-hydrogen) atoms. The zero-order valence-electron chi connectivity index (χ0n) is 24.1. The van der Waals surface area contributed by atoms with E-state index in [4.69, 9.17) is 4.98 Å². The van der Waals surface area contributed by atoms with Crippen molar-refractivity contribution >= 4 is 29.9 Å². The van der Waals surface area contributed by atoms with Gasteiger partial charge in [-0.3, -0.25) is 14.7 Å². The molecule has 0 unspecified atom stereocenters. The number of carbonyl (C=O) groups excluding carboxylic acids is 1. The van der Waals surface area contributed by atoms with Crippen LogP contribution in [0.15, 0.2) is 54.9 Å². The third-order valence-electron chi connectivity index (χ3n) is 8.27. The summed E-state index contributed by atoms with van der Waals surface area (Å²) in [6, 6.07) is 13.6. The highest BCUT2D eigenvalue weighted by atomic mass is 19.1. The molecule has 0 radical (unpaired) electrons. The number of likely N-dealkylation sites (tertiary alicyclic amines) is 2. The lowest BCUT2D eigenvalue weighted by Gasteiger charge is -2.40. The highest BCUT2D eigenvalue weighted by Gasteiger charge is 2.45. The molecule has 4 aromatic rings. The smallest absolute Gasteiger partial charge is 0.408 e. The largest absolute Gasteiger partial charge is 0.433 e. The molecule has 0 aromatic carbocycles. The van der Waals surface area contributed by atoms with Crippen LogP contribution in [0.4, 0.5) is 10.2 Å². The van der Waals surface area contributed by atoms with E-state index < -0.39 is 12.7 Å². The quantitative estimate of drug-likeness (QED) is 0.322. The average molecular weight is 570 g/mol. The minimum atomic E-state index is -1.85. The van der Waals surface area contributed by atoms with Crippen LogP contribution in [-0.2, 0) is 11.3 Å². The zero-order valence-corrected chi connectivity index (χ0v) is 24.1. The van der Waals surface area contributed by atoms with Crippen molar-refractivity contribution in [2.45, 2.75) is 57.7 Å². The summed E-state index contributed by atoms with van der Waals surface area (Å²) in [6.45, 7) is 6.17. The van der Waals surface area contributed by atoms with Crippen molar-refractivity contribution in [3.05, 3.63) is 66.1 Å². The van der Waals surface area contributed by atoms with Crippen molar-refractivity contribution in [3.63, 3.8) is 0 Å². The molecule has 0 bridgehead atoms. The van der Waals surface area contributed by atoms with Crippen molar-refractivity contribution in [1.82, 2.24) is 34.3 Å². The lowest BCUT2D eigenvalue weighted by atomic mass is 9.89. The maximum Gasteiger partial charge on any atom is 0.408 e. The van der Waals surface area contributed by atoms with Crippen molar-refractivity contribution in [2.75, 3.05) is 31.4 Å². The van der Waals surface area contributed by atoms with E-state index in [1.54, 1.807) is 24.1 Å². The summed E-state index contributed by atoms with van der Waals surface area (Å²) in [5.41, 5.74) is 2.42. The molecule has 2 fully saturated rings. The third kappa shape index (κ3) is 5.86. The Morgan fingerprint density at radius 1 is 1.07 bits per heavy atom. The first-order valence-electron chi connectivity index (χ1n) is 14.7. The van der Waals surface area contributed by atoms with E-state index in [0.717, 1.165) is 33.9 Å². The van der Waals surface area contributed by atoms with Gasteiger partial charge in [-0.25, -0.2) is 19.3 Å². The average Bonchev–Trinajstić information content (AvgIpc) is 3.38. The SMILES string of the molecule is CB(O)Nc1cc(CN2CCC(F)(C(=O)N3CCC(n4c(-c5ccccn5)nc5cccnc54)CC3)CC2)cc(C)n1. The Hall–Kier alpha value is -3.90. The second-order valence-electron chi connectivity index (χ2n) is 11.5. The molecule has 6 heterocycles. The standard InChI is InChI=1S/C30H36BFN8O2/c1-21-18-22(19-26(35-21)37-31(2)42)20-38-16-10-30(32,11-17-38)29(41)39-14-8-23(9-15-39)40-27-25(7-5-13-34-27)36-28(40)24-6-3-4-12-33-24/h3-7,12-13,18-19,23,42H,8-11,14-17,20H2,1-2H3,(H,35,37). The van der Waals surface area contributed by atoms with Crippen molar-refractivity contribution in [2.24, 2.45) is 0 Å². The Morgan fingerprint density at radius 3 is 2.55 bits per heavy atom. The molecule has 10 nitrogen and oxygen atoms in total. The molecule has 12 heteroatoms. The monoisotopic (exact) mass is 570 g/mol. The van der Waals surface area contributed by atoms with Crippen LogP contribution >= 0.6 is 0 Å². The highest BCUT2D eigenvalue weighted by Crippen LogP contribution is 2.35. The van der Waals surface area contributed by atoms with Crippen LogP contribution in [0.2, 0.25) is 6.82 Å². The first kappa shape index (κ1) is 28.2. The van der Waals surface area contributed by atoms with Crippen molar-refractivity contribution < 1.29 is 14.2 Å². The number of carbonyl (C=O) groups is 1. The number of anilines is 1. The van der Waals surface area contributed by atoms with Crippen molar-refractivity contribution in [3.8, 4) is 11.5 Å². The van der Waals surface area contributed by atoms with Gasteiger partial charge in [-0.2, -0.15) is 0 Å². The minimum absolute atomic E-state index is 0.0837. The number of imidazole rings is 1. The summed E-state index contributed by atoms with van der Waals surface area (Å²) in [7, 11) is -0.704. The third-order valence-corrected chi connectivity index (χ3v) is 8.27. The first-order chi connectivity index (χ1) is 20.3. The molecule has 218 valence electrons. The van der Waals surface area contributed by atoms with Gasteiger partial charge in [-0.15, -0.1) is 0 Å². The summed E-state index contributed by atoms with van der Waals surface area (Å²) < 4.78 is 18.2. The number of hydrogen-bond acceptors (Lipinski definition) is 8. The molecule has 2 aliphatic rings. The lowest BCUT2D eigenvalue weighted by Crippen LogP contribution is -2.53. The topological polar surface area (TPSA) is 112 Å². The molecule has 0 aliphatic carbocycles. The number of aryl methyl sites for hydroxylation is 1. The summed E-state index contributed by atoms with van der Waals surface area (Å²) in [5, 5.41) is 12.6. The molecular formula is C30H36BFN8O2. The normalized spacial score (nSPS) is 17.9. The molecule has 6 rings (SSSR count). The Balaban J connectivity index is 1.09. The number of amides is 1. The van der Waals surface area contributed by atoms with E-state index in [0.29, 0.717) is 51.4 Å². The van der Waals surface area contributed by atoms with Crippen LogP contribution in [0.1, 0.15) is 43.0 Å². The van der Waals surface area contributed by atoms with Gasteiger partial charge >= 0.3 is 7.05 Å². The number of halogens is 1. The number of hydrogen-bond donors (Lipinski definition) is 2. The maximum absolute atomic E-state index is 16.1. The Labute approximate surface area is 245 Å². The Bertz CT molecular complexity index is 1550. The molecule has 0 spiro atoms. The summed E-state index contributed by atoms with van der Waals surface area (Å²) in [6.07, 6.45) is 5.26. The molecule has 2 N–H and O–H groups in total. The van der Waals surface area contributed by atoms with Gasteiger partial charge in [0.25, 0.3) is 5.91 Å². The molecule has 0 atom stereocenters. The van der Waals surface area contributed by atoms with Gasteiger partial charge in [0.2, 0.25) is 0 Å². The summed E-state index contributed by atoms with van der Waals surface area (Å²) >= 11 is 0. The maximum atomic E-state index is 16.1. The molecular weight excluding hydrogens is 534 g/mol. The van der Waals surface area contributed by atoms with Crippen LogP contribution in [0.3, 0.4) is 0 Å². The molecule has 0 saturated carbocycles. The first-order valence-corrected chi connectivity index (χ1v) is 14.7. The minimum Gasteiger partial charge on any atom is -0.433 e. The number of fused-ring (bicyclic) bond motifs is 1. The van der Waals surface area contributed by atoms with Gasteiger partial charge in [-0.1, -0.05) is 6.07 Å². The van der Waals surface area contributed by atoms with Crippen LogP contribution in [0, 0.1) is 6.92 Å². The Kier molecular flexibility index (Phi) is 7.91. The van der Waals surface area contributed by atoms with Crippen LogP contribution < -0.4 is 5.23 Å². The van der Waals surface area contributed by atoms with E-state index >= 15 is 4.39 Å². The van der Waals surface area contributed by atoms with Gasteiger partial charge in [0, 0.05) is 69.7 Å². The number of pyridine rings is 3. The molecule has 4 aromatic heterocycles. The van der Waals surface area contributed by atoms with Gasteiger partial charge < -0.3 is 19.7 Å². The summed E-state index contributed by atoms with van der Waals surface area (Å²) in [5.74, 6) is 0.992. The fourth-order valence-electron chi connectivity index (χ4n) is 6.22. The zero-order chi connectivity index (χ0) is 29.3. The van der Waals surface area contributed by atoms with E-state index in [1.807, 2.05) is 49.4 Å². The Morgan fingerprint density at radius 2 is 1.83 bits per heavy atom. The number of nitrogens with zero attached hydrogens (tertiary/aromatic N) is 7. The number of piperidine rings is 2. The van der Waals surface area contributed by atoms with Gasteiger partial charge in [0.15, 0.2) is 17.1 Å². The van der Waals surface area contributed by atoms with Crippen molar-refractivity contribution in [1.29, 1.82) is 0 Å². The second kappa shape index (κ2) is 11.8. The van der Waals surface area contributed by atoms with Gasteiger partial charge in [0.1, 0.15) is 17.0 Å². The fourth-order valence-corrected chi connectivity index (χ4v) is 6.22. The second-order valence-corrected chi connectivity index (χ2v) is 11.5. The van der Waals surface area contributed by atoms with E-state index in [-0.39, 0.29) is 24.8 Å². The number of alkyl halides is 1. The number of nitrogens with one attached hydrogen (secondary N) is 1.